The zero-order chi connectivity index (χ0) is 9.97. The largest absolute Gasteiger partial charge is 0.368 e. The van der Waals surface area contributed by atoms with Crippen molar-refractivity contribution in [3.8, 4) is 0 Å². The van der Waals surface area contributed by atoms with Gasteiger partial charge in [0.25, 0.3) is 0 Å². The maximum Gasteiger partial charge on any atom is 0.220 e. The van der Waals surface area contributed by atoms with Crippen LogP contribution in [-0.4, -0.2) is 17.0 Å². The second-order valence-corrected chi connectivity index (χ2v) is 3.69. The van der Waals surface area contributed by atoms with Gasteiger partial charge in [0.2, 0.25) is 5.95 Å². The molecule has 0 spiro atoms. The Balaban J connectivity index is 2.41. The molecule has 0 saturated carbocycles. The van der Waals surface area contributed by atoms with Crippen molar-refractivity contribution in [2.24, 2.45) is 0 Å². The maximum atomic E-state index is 5.66. The molecule has 1 aromatic heterocycles. The lowest BCUT2D eigenvalue weighted by molar-refractivity contribution is 0.644. The highest BCUT2D eigenvalue weighted by molar-refractivity contribution is 5.33. The Kier molecular flexibility index (Phi) is 2.63. The number of anilines is 1. The van der Waals surface area contributed by atoms with Crippen molar-refractivity contribution in [3.63, 3.8) is 0 Å². The second-order valence-electron chi connectivity index (χ2n) is 3.69. The summed E-state index contributed by atoms with van der Waals surface area (Å²) in [5, 5.41) is 3.12. The number of nitrogens with one attached hydrogen (secondary N) is 1. The van der Waals surface area contributed by atoms with E-state index < -0.39 is 0 Å². The molecular formula is C10H16N4. The Morgan fingerprint density at radius 3 is 2.86 bits per heavy atom. The molecule has 76 valence electrons. The van der Waals surface area contributed by atoms with Crippen LogP contribution in [0.4, 0.5) is 5.95 Å². The third-order valence-electron chi connectivity index (χ3n) is 2.63. The van der Waals surface area contributed by atoms with Crippen molar-refractivity contribution in [1.82, 2.24) is 15.3 Å². The Morgan fingerprint density at radius 1 is 1.29 bits per heavy atom. The molecule has 0 radical (unpaired) electrons. The molecule has 3 N–H and O–H groups in total. The molecule has 1 heterocycles. The molecule has 0 atom stereocenters. The summed E-state index contributed by atoms with van der Waals surface area (Å²) in [6, 6.07) is 0. The lowest BCUT2D eigenvalue weighted by Gasteiger charge is -2.17. The molecule has 0 aromatic carbocycles. The van der Waals surface area contributed by atoms with Crippen LogP contribution in [0, 0.1) is 0 Å². The third-order valence-corrected chi connectivity index (χ3v) is 2.63. The zero-order valence-electron chi connectivity index (χ0n) is 8.51. The number of hydrogen-bond donors (Lipinski definition) is 2. The predicted molar refractivity (Wildman–Crippen MR) is 55.9 cm³/mol. The summed E-state index contributed by atoms with van der Waals surface area (Å²) < 4.78 is 0. The quantitative estimate of drug-likeness (QED) is 0.722. The van der Waals surface area contributed by atoms with Crippen LogP contribution in [0.1, 0.15) is 29.8 Å². The monoisotopic (exact) mass is 192 g/mol. The van der Waals surface area contributed by atoms with E-state index in [0.29, 0.717) is 5.95 Å². The number of fused-ring (bicyclic) bond motifs is 1. The molecular weight excluding hydrogens is 176 g/mol. The van der Waals surface area contributed by atoms with Gasteiger partial charge in [-0.05, 0) is 38.3 Å². The molecule has 1 aliphatic rings. The Bertz CT molecular complexity index is 335. The molecule has 0 fully saturated rings. The number of nitrogens with two attached hydrogens (primary N) is 1. The standard InChI is InChI=1S/C10H16N4/c1-12-6-9-7-4-2-3-5-8(7)13-10(11)14-9/h12H,2-6H2,1H3,(H2,11,13,14). The first-order valence-electron chi connectivity index (χ1n) is 5.10. The lowest BCUT2D eigenvalue weighted by atomic mass is 9.94. The number of nitrogen functional groups attached to an aromatic ring is 1. The van der Waals surface area contributed by atoms with Gasteiger partial charge in [-0.1, -0.05) is 0 Å². The van der Waals surface area contributed by atoms with Crippen LogP contribution in [0.15, 0.2) is 0 Å². The minimum absolute atomic E-state index is 0.413. The average molecular weight is 192 g/mol. The van der Waals surface area contributed by atoms with E-state index in [0.717, 1.165) is 30.8 Å². The van der Waals surface area contributed by atoms with Gasteiger partial charge in [0.15, 0.2) is 0 Å². The van der Waals surface area contributed by atoms with Crippen LogP contribution < -0.4 is 11.1 Å². The minimum Gasteiger partial charge on any atom is -0.368 e. The minimum atomic E-state index is 0.413. The van der Waals surface area contributed by atoms with E-state index in [4.69, 9.17) is 5.73 Å². The van der Waals surface area contributed by atoms with E-state index in [2.05, 4.69) is 15.3 Å². The molecule has 0 unspecified atom stereocenters. The van der Waals surface area contributed by atoms with E-state index in [1.807, 2.05) is 7.05 Å². The molecule has 4 heteroatoms. The normalized spacial score (nSPS) is 15.2. The highest BCUT2D eigenvalue weighted by Crippen LogP contribution is 2.22. The summed E-state index contributed by atoms with van der Waals surface area (Å²) >= 11 is 0. The first kappa shape index (κ1) is 9.40. The third kappa shape index (κ3) is 1.70. The summed E-state index contributed by atoms with van der Waals surface area (Å²) in [6.07, 6.45) is 4.63. The summed E-state index contributed by atoms with van der Waals surface area (Å²) in [4.78, 5) is 8.58. The first-order chi connectivity index (χ1) is 6.81. The molecule has 1 aliphatic carbocycles. The van der Waals surface area contributed by atoms with Crippen molar-refractivity contribution < 1.29 is 0 Å². The van der Waals surface area contributed by atoms with E-state index in [1.165, 1.54) is 18.4 Å². The summed E-state index contributed by atoms with van der Waals surface area (Å²) in [6.45, 7) is 0.787. The predicted octanol–water partition coefficient (Wildman–Crippen LogP) is 0.657. The number of hydrogen-bond acceptors (Lipinski definition) is 4. The number of rotatable bonds is 2. The van der Waals surface area contributed by atoms with Gasteiger partial charge in [-0.3, -0.25) is 0 Å². The zero-order valence-corrected chi connectivity index (χ0v) is 8.51. The van der Waals surface area contributed by atoms with Gasteiger partial charge < -0.3 is 11.1 Å². The smallest absolute Gasteiger partial charge is 0.220 e. The van der Waals surface area contributed by atoms with Crippen LogP contribution in [0.2, 0.25) is 0 Å². The van der Waals surface area contributed by atoms with Crippen molar-refractivity contribution in [1.29, 1.82) is 0 Å². The second kappa shape index (κ2) is 3.92. The van der Waals surface area contributed by atoms with Crippen LogP contribution in [-0.2, 0) is 19.4 Å². The van der Waals surface area contributed by atoms with Gasteiger partial charge in [-0.2, -0.15) is 0 Å². The molecule has 0 aliphatic heterocycles. The van der Waals surface area contributed by atoms with Crippen LogP contribution in [0.25, 0.3) is 0 Å². The Hall–Kier alpha value is -1.16. The molecule has 1 aromatic rings. The van der Waals surface area contributed by atoms with Gasteiger partial charge in [-0.25, -0.2) is 9.97 Å². The average Bonchev–Trinajstić information content (AvgIpc) is 2.18. The van der Waals surface area contributed by atoms with E-state index in [1.54, 1.807) is 0 Å². The number of aromatic nitrogens is 2. The topological polar surface area (TPSA) is 63.8 Å². The summed E-state index contributed by atoms with van der Waals surface area (Å²) in [5.74, 6) is 0.413. The number of nitrogens with zero attached hydrogens (tertiary/aromatic N) is 2. The molecule has 0 amide bonds. The van der Waals surface area contributed by atoms with E-state index >= 15 is 0 Å². The van der Waals surface area contributed by atoms with Crippen LogP contribution in [0.5, 0.6) is 0 Å². The van der Waals surface area contributed by atoms with Gasteiger partial charge in [-0.15, -0.1) is 0 Å². The van der Waals surface area contributed by atoms with Crippen molar-refractivity contribution >= 4 is 5.95 Å². The summed E-state index contributed by atoms with van der Waals surface area (Å²) in [5.41, 5.74) is 9.22. The highest BCUT2D eigenvalue weighted by atomic mass is 15.0. The summed E-state index contributed by atoms with van der Waals surface area (Å²) in [7, 11) is 1.92. The fourth-order valence-electron chi connectivity index (χ4n) is 2.01. The fraction of sp³-hybridized carbons (Fsp3) is 0.600. The van der Waals surface area contributed by atoms with E-state index in [9.17, 15) is 0 Å². The highest BCUT2D eigenvalue weighted by Gasteiger charge is 2.16. The molecule has 0 saturated heterocycles. The van der Waals surface area contributed by atoms with Crippen LogP contribution >= 0.6 is 0 Å². The van der Waals surface area contributed by atoms with Gasteiger partial charge >= 0.3 is 0 Å². The van der Waals surface area contributed by atoms with Crippen molar-refractivity contribution in [2.75, 3.05) is 12.8 Å². The van der Waals surface area contributed by atoms with Gasteiger partial charge in [0, 0.05) is 12.2 Å². The van der Waals surface area contributed by atoms with Crippen LogP contribution in [0.3, 0.4) is 0 Å². The first-order valence-corrected chi connectivity index (χ1v) is 5.10. The molecule has 0 bridgehead atoms. The fourth-order valence-corrected chi connectivity index (χ4v) is 2.01. The van der Waals surface area contributed by atoms with Gasteiger partial charge in [0.1, 0.15) is 0 Å². The molecule has 4 nitrogen and oxygen atoms in total. The van der Waals surface area contributed by atoms with Crippen molar-refractivity contribution in [3.05, 3.63) is 17.0 Å². The van der Waals surface area contributed by atoms with E-state index in [-0.39, 0.29) is 0 Å². The molecule has 14 heavy (non-hydrogen) atoms. The number of aryl methyl sites for hydroxylation is 1. The maximum absolute atomic E-state index is 5.66. The van der Waals surface area contributed by atoms with Gasteiger partial charge in [0.05, 0.1) is 5.69 Å². The Morgan fingerprint density at radius 2 is 2.07 bits per heavy atom. The molecule has 2 rings (SSSR count). The lowest BCUT2D eigenvalue weighted by Crippen LogP contribution is -2.17. The van der Waals surface area contributed by atoms with Crippen molar-refractivity contribution in [2.45, 2.75) is 32.2 Å². The Labute approximate surface area is 83.9 Å². The SMILES string of the molecule is CNCc1nc(N)nc2c1CCCC2.